The van der Waals surface area contributed by atoms with Crippen molar-refractivity contribution in [1.82, 2.24) is 0 Å². The molecule has 1 aromatic rings. The first-order valence-corrected chi connectivity index (χ1v) is 5.88. The van der Waals surface area contributed by atoms with Gasteiger partial charge in [0.2, 0.25) is 0 Å². The van der Waals surface area contributed by atoms with Crippen LogP contribution in [0.15, 0.2) is 24.3 Å². The second-order valence-corrected chi connectivity index (χ2v) is 4.67. The molecule has 0 saturated heterocycles. The van der Waals surface area contributed by atoms with Crippen molar-refractivity contribution >= 4 is 0 Å². The van der Waals surface area contributed by atoms with Crippen molar-refractivity contribution in [3.8, 4) is 0 Å². The van der Waals surface area contributed by atoms with Crippen LogP contribution in [-0.2, 0) is 11.2 Å². The molecule has 0 bridgehead atoms. The molecule has 16 heavy (non-hydrogen) atoms. The summed E-state index contributed by atoms with van der Waals surface area (Å²) in [6.45, 7) is 6.28. The molecule has 1 rings (SSSR count). The fraction of sp³-hybridized carbons (Fsp3) is 0.571. The zero-order chi connectivity index (χ0) is 12.2. The molecule has 0 aromatic heterocycles. The van der Waals surface area contributed by atoms with Crippen LogP contribution in [0.5, 0.6) is 0 Å². The van der Waals surface area contributed by atoms with Gasteiger partial charge >= 0.3 is 0 Å². The molecule has 0 aliphatic rings. The lowest BCUT2D eigenvalue weighted by Crippen LogP contribution is -2.48. The Balaban J connectivity index is 2.70. The highest BCUT2D eigenvalue weighted by Gasteiger charge is 2.29. The molecule has 2 heteroatoms. The topological polar surface area (TPSA) is 35.2 Å². The molecule has 0 aliphatic heterocycles. The van der Waals surface area contributed by atoms with Crippen LogP contribution in [0.2, 0.25) is 0 Å². The van der Waals surface area contributed by atoms with Crippen molar-refractivity contribution in [3.05, 3.63) is 35.4 Å². The Morgan fingerprint density at radius 2 is 1.88 bits per heavy atom. The van der Waals surface area contributed by atoms with Crippen LogP contribution < -0.4 is 5.73 Å². The maximum Gasteiger partial charge on any atom is 0.0801 e. The monoisotopic (exact) mass is 221 g/mol. The standard InChI is InChI=1S/C14H23NO/c1-5-14(3,16-4)13(15)10-12-8-6-11(2)7-9-12/h6-9,13H,5,10,15H2,1-4H3. The lowest BCUT2D eigenvalue weighted by atomic mass is 9.89. The van der Waals surface area contributed by atoms with Gasteiger partial charge in [0.1, 0.15) is 0 Å². The van der Waals surface area contributed by atoms with Crippen molar-refractivity contribution in [1.29, 1.82) is 0 Å². The normalized spacial score (nSPS) is 16.8. The predicted molar refractivity (Wildman–Crippen MR) is 68.6 cm³/mol. The van der Waals surface area contributed by atoms with Crippen molar-refractivity contribution in [2.45, 2.75) is 45.3 Å². The molecule has 0 saturated carbocycles. The van der Waals surface area contributed by atoms with E-state index in [0.29, 0.717) is 0 Å². The van der Waals surface area contributed by atoms with E-state index in [9.17, 15) is 0 Å². The van der Waals surface area contributed by atoms with Crippen LogP contribution in [0.4, 0.5) is 0 Å². The predicted octanol–water partition coefficient (Wildman–Crippen LogP) is 2.68. The Hall–Kier alpha value is -0.860. The number of aryl methyl sites for hydroxylation is 1. The minimum atomic E-state index is -0.231. The molecule has 90 valence electrons. The molecule has 0 heterocycles. The van der Waals surface area contributed by atoms with E-state index in [-0.39, 0.29) is 11.6 Å². The molecule has 0 aliphatic carbocycles. The Labute approximate surface area is 98.8 Å². The highest BCUT2D eigenvalue weighted by molar-refractivity contribution is 5.22. The van der Waals surface area contributed by atoms with Gasteiger partial charge < -0.3 is 10.5 Å². The number of benzene rings is 1. The molecule has 2 atom stereocenters. The zero-order valence-corrected chi connectivity index (χ0v) is 10.8. The summed E-state index contributed by atoms with van der Waals surface area (Å²) in [6.07, 6.45) is 1.79. The fourth-order valence-corrected chi connectivity index (χ4v) is 1.75. The van der Waals surface area contributed by atoms with E-state index in [4.69, 9.17) is 10.5 Å². The van der Waals surface area contributed by atoms with Crippen molar-refractivity contribution in [2.75, 3.05) is 7.11 Å². The molecule has 0 spiro atoms. The SMILES string of the molecule is CCC(C)(OC)C(N)Cc1ccc(C)cc1. The second-order valence-electron chi connectivity index (χ2n) is 4.67. The van der Waals surface area contributed by atoms with Crippen LogP contribution in [-0.4, -0.2) is 18.8 Å². The van der Waals surface area contributed by atoms with Gasteiger partial charge in [0.05, 0.1) is 5.60 Å². The molecular weight excluding hydrogens is 198 g/mol. The highest BCUT2D eigenvalue weighted by atomic mass is 16.5. The average Bonchev–Trinajstić information content (AvgIpc) is 2.31. The third kappa shape index (κ3) is 3.06. The van der Waals surface area contributed by atoms with Crippen molar-refractivity contribution in [3.63, 3.8) is 0 Å². The number of methoxy groups -OCH3 is 1. The van der Waals surface area contributed by atoms with Gasteiger partial charge in [-0.25, -0.2) is 0 Å². The number of hydrogen-bond donors (Lipinski definition) is 1. The van der Waals surface area contributed by atoms with Crippen LogP contribution in [0.3, 0.4) is 0 Å². The Morgan fingerprint density at radius 1 is 1.31 bits per heavy atom. The molecule has 2 N–H and O–H groups in total. The van der Waals surface area contributed by atoms with E-state index in [2.05, 4.69) is 45.0 Å². The van der Waals surface area contributed by atoms with E-state index in [1.807, 2.05) is 0 Å². The minimum absolute atomic E-state index is 0.0326. The quantitative estimate of drug-likeness (QED) is 0.829. The number of rotatable bonds is 5. The lowest BCUT2D eigenvalue weighted by molar-refractivity contribution is -0.0184. The maximum absolute atomic E-state index is 6.22. The van der Waals surface area contributed by atoms with E-state index < -0.39 is 0 Å². The van der Waals surface area contributed by atoms with E-state index >= 15 is 0 Å². The van der Waals surface area contributed by atoms with Gasteiger partial charge in [-0.05, 0) is 32.3 Å². The maximum atomic E-state index is 6.22. The first-order valence-electron chi connectivity index (χ1n) is 5.88. The summed E-state index contributed by atoms with van der Waals surface area (Å²) in [4.78, 5) is 0. The van der Waals surface area contributed by atoms with Gasteiger partial charge in [-0.3, -0.25) is 0 Å². The smallest absolute Gasteiger partial charge is 0.0801 e. The van der Waals surface area contributed by atoms with E-state index in [1.54, 1.807) is 7.11 Å². The first kappa shape index (κ1) is 13.2. The van der Waals surface area contributed by atoms with E-state index in [1.165, 1.54) is 11.1 Å². The summed E-state index contributed by atoms with van der Waals surface area (Å²) in [5.41, 5.74) is 8.54. The minimum Gasteiger partial charge on any atom is -0.377 e. The van der Waals surface area contributed by atoms with Gasteiger partial charge in [-0.15, -0.1) is 0 Å². The number of hydrogen-bond acceptors (Lipinski definition) is 2. The number of nitrogens with two attached hydrogens (primary N) is 1. The van der Waals surface area contributed by atoms with Gasteiger partial charge in [0, 0.05) is 13.2 Å². The fourth-order valence-electron chi connectivity index (χ4n) is 1.75. The Kier molecular flexibility index (Phi) is 4.51. The summed E-state index contributed by atoms with van der Waals surface area (Å²) in [5.74, 6) is 0. The van der Waals surface area contributed by atoms with Crippen LogP contribution >= 0.6 is 0 Å². The van der Waals surface area contributed by atoms with Gasteiger partial charge in [-0.1, -0.05) is 36.8 Å². The number of ether oxygens (including phenoxy) is 1. The molecule has 2 nitrogen and oxygen atoms in total. The average molecular weight is 221 g/mol. The summed E-state index contributed by atoms with van der Waals surface area (Å²) >= 11 is 0. The van der Waals surface area contributed by atoms with Gasteiger partial charge in [0.15, 0.2) is 0 Å². The molecular formula is C14H23NO. The summed E-state index contributed by atoms with van der Waals surface area (Å²) < 4.78 is 5.52. The van der Waals surface area contributed by atoms with Gasteiger partial charge in [-0.2, -0.15) is 0 Å². The molecule has 1 aromatic carbocycles. The summed E-state index contributed by atoms with van der Waals surface area (Å²) in [7, 11) is 1.73. The zero-order valence-electron chi connectivity index (χ0n) is 10.8. The Bertz CT molecular complexity index is 314. The summed E-state index contributed by atoms with van der Waals surface area (Å²) in [5, 5.41) is 0. The van der Waals surface area contributed by atoms with Crippen LogP contribution in [0.25, 0.3) is 0 Å². The first-order chi connectivity index (χ1) is 7.51. The molecule has 0 radical (unpaired) electrons. The van der Waals surface area contributed by atoms with E-state index in [0.717, 1.165) is 12.8 Å². The third-order valence-electron chi connectivity index (χ3n) is 3.53. The third-order valence-corrected chi connectivity index (χ3v) is 3.53. The lowest BCUT2D eigenvalue weighted by Gasteiger charge is -2.33. The van der Waals surface area contributed by atoms with Crippen LogP contribution in [0, 0.1) is 6.92 Å². The molecule has 0 fully saturated rings. The second kappa shape index (κ2) is 5.46. The molecule has 2 unspecified atom stereocenters. The summed E-state index contributed by atoms with van der Waals surface area (Å²) in [6, 6.07) is 8.56. The highest BCUT2D eigenvalue weighted by Crippen LogP contribution is 2.20. The van der Waals surface area contributed by atoms with Gasteiger partial charge in [0.25, 0.3) is 0 Å². The van der Waals surface area contributed by atoms with Crippen molar-refractivity contribution in [2.24, 2.45) is 5.73 Å². The van der Waals surface area contributed by atoms with Crippen LogP contribution in [0.1, 0.15) is 31.4 Å². The van der Waals surface area contributed by atoms with Crippen molar-refractivity contribution < 1.29 is 4.74 Å². The largest absolute Gasteiger partial charge is 0.377 e. The molecule has 0 amide bonds. The Morgan fingerprint density at radius 3 is 2.31 bits per heavy atom.